The summed E-state index contributed by atoms with van der Waals surface area (Å²) in [6.45, 7) is 6.74. The number of nitrogens with zero attached hydrogens (tertiary/aromatic N) is 2. The number of rotatable bonds is 7. The first kappa shape index (κ1) is 12.2. The molecular formula is C11H21N3O. The summed E-state index contributed by atoms with van der Waals surface area (Å²) in [7, 11) is 1.94. The lowest BCUT2D eigenvalue weighted by Gasteiger charge is -2.07. The summed E-state index contributed by atoms with van der Waals surface area (Å²) >= 11 is 0. The molecule has 15 heavy (non-hydrogen) atoms. The quantitative estimate of drug-likeness (QED) is 0.683. The summed E-state index contributed by atoms with van der Waals surface area (Å²) in [5, 5.41) is 7.63. The molecule has 1 aromatic heterocycles. The van der Waals surface area contributed by atoms with Gasteiger partial charge in [0.05, 0.1) is 18.4 Å². The Hall–Kier alpha value is -0.870. The van der Waals surface area contributed by atoms with Gasteiger partial charge < -0.3 is 10.1 Å². The fourth-order valence-corrected chi connectivity index (χ4v) is 1.30. The van der Waals surface area contributed by atoms with E-state index in [1.807, 2.05) is 37.8 Å². The van der Waals surface area contributed by atoms with Gasteiger partial charge in [-0.1, -0.05) is 0 Å². The Kier molecular flexibility index (Phi) is 5.36. The Morgan fingerprint density at radius 2 is 2.27 bits per heavy atom. The van der Waals surface area contributed by atoms with Crippen molar-refractivity contribution in [3.05, 3.63) is 18.0 Å². The number of hydrogen-bond donors (Lipinski definition) is 1. The smallest absolute Gasteiger partial charge is 0.0637 e. The molecule has 0 fully saturated rings. The number of aromatic nitrogens is 2. The third-order valence-electron chi connectivity index (χ3n) is 2.06. The molecule has 4 nitrogen and oxygen atoms in total. The van der Waals surface area contributed by atoms with E-state index in [9.17, 15) is 0 Å². The molecule has 0 saturated carbocycles. The summed E-state index contributed by atoms with van der Waals surface area (Å²) < 4.78 is 7.25. The summed E-state index contributed by atoms with van der Waals surface area (Å²) in [5.41, 5.74) is 1.13. The lowest BCUT2D eigenvalue weighted by molar-refractivity contribution is 0.0810. The summed E-state index contributed by atoms with van der Waals surface area (Å²) in [4.78, 5) is 0. The minimum Gasteiger partial charge on any atom is -0.377 e. The van der Waals surface area contributed by atoms with Crippen molar-refractivity contribution in [2.45, 2.75) is 26.4 Å². The second-order valence-corrected chi connectivity index (χ2v) is 3.90. The van der Waals surface area contributed by atoms with Crippen molar-refractivity contribution in [1.82, 2.24) is 15.1 Å². The molecular weight excluding hydrogens is 190 g/mol. The Morgan fingerprint density at radius 1 is 1.47 bits per heavy atom. The Balaban J connectivity index is 1.98. The minimum absolute atomic E-state index is 0.322. The van der Waals surface area contributed by atoms with Gasteiger partial charge in [0.25, 0.3) is 0 Å². The molecule has 0 spiro atoms. The largest absolute Gasteiger partial charge is 0.377 e. The van der Waals surface area contributed by atoms with Crippen LogP contribution in [-0.4, -0.2) is 35.6 Å². The van der Waals surface area contributed by atoms with E-state index in [1.165, 1.54) is 0 Å². The van der Waals surface area contributed by atoms with Crippen molar-refractivity contribution in [2.24, 2.45) is 7.05 Å². The first-order chi connectivity index (χ1) is 7.18. The Morgan fingerprint density at radius 3 is 2.87 bits per heavy atom. The van der Waals surface area contributed by atoms with E-state index in [-0.39, 0.29) is 0 Å². The lowest BCUT2D eigenvalue weighted by Crippen LogP contribution is -2.23. The van der Waals surface area contributed by atoms with Crippen molar-refractivity contribution < 1.29 is 4.74 Å². The lowest BCUT2D eigenvalue weighted by atomic mass is 10.3. The van der Waals surface area contributed by atoms with E-state index in [4.69, 9.17) is 4.74 Å². The molecule has 0 saturated heterocycles. The van der Waals surface area contributed by atoms with Crippen LogP contribution in [0.4, 0.5) is 0 Å². The van der Waals surface area contributed by atoms with Gasteiger partial charge in [-0.3, -0.25) is 4.68 Å². The van der Waals surface area contributed by atoms with Gasteiger partial charge in [-0.15, -0.1) is 0 Å². The third-order valence-corrected chi connectivity index (χ3v) is 2.06. The summed E-state index contributed by atoms with van der Waals surface area (Å²) in [6.07, 6.45) is 3.27. The van der Waals surface area contributed by atoms with E-state index < -0.39 is 0 Å². The number of hydrogen-bond acceptors (Lipinski definition) is 3. The van der Waals surface area contributed by atoms with Crippen LogP contribution in [-0.2, 0) is 18.2 Å². The first-order valence-electron chi connectivity index (χ1n) is 5.49. The van der Waals surface area contributed by atoms with Gasteiger partial charge >= 0.3 is 0 Å². The molecule has 1 heterocycles. The van der Waals surface area contributed by atoms with Gasteiger partial charge in [0.2, 0.25) is 0 Å². The van der Waals surface area contributed by atoms with Crippen LogP contribution >= 0.6 is 0 Å². The number of nitrogens with one attached hydrogen (secondary N) is 1. The van der Waals surface area contributed by atoms with E-state index in [1.54, 1.807) is 0 Å². The SMILES string of the molecule is CC(C)OCCNCCc1ccn(C)n1. The summed E-state index contributed by atoms with van der Waals surface area (Å²) in [5.74, 6) is 0. The van der Waals surface area contributed by atoms with E-state index >= 15 is 0 Å². The van der Waals surface area contributed by atoms with Gasteiger partial charge in [0, 0.05) is 32.8 Å². The van der Waals surface area contributed by atoms with E-state index in [0.29, 0.717) is 6.10 Å². The maximum absolute atomic E-state index is 5.42. The standard InChI is InChI=1S/C11H21N3O/c1-10(2)15-9-7-12-6-4-11-5-8-14(3)13-11/h5,8,10,12H,4,6-7,9H2,1-3H3. The Bertz CT molecular complexity index is 271. The van der Waals surface area contributed by atoms with Crippen molar-refractivity contribution in [1.29, 1.82) is 0 Å². The third kappa shape index (κ3) is 5.54. The van der Waals surface area contributed by atoms with Gasteiger partial charge in [-0.25, -0.2) is 0 Å². The molecule has 4 heteroatoms. The molecule has 0 bridgehead atoms. The highest BCUT2D eigenvalue weighted by Gasteiger charge is 1.96. The molecule has 0 aliphatic carbocycles. The van der Waals surface area contributed by atoms with Crippen LogP contribution in [0.15, 0.2) is 12.3 Å². The highest BCUT2D eigenvalue weighted by molar-refractivity contribution is 4.98. The molecule has 1 N–H and O–H groups in total. The second-order valence-electron chi connectivity index (χ2n) is 3.90. The molecule has 0 radical (unpaired) electrons. The molecule has 0 atom stereocenters. The average Bonchev–Trinajstić information content (AvgIpc) is 2.57. The molecule has 0 unspecified atom stereocenters. The van der Waals surface area contributed by atoms with Crippen LogP contribution in [0.25, 0.3) is 0 Å². The molecule has 1 aromatic rings. The number of ether oxygens (including phenoxy) is 1. The van der Waals surface area contributed by atoms with Crippen molar-refractivity contribution in [3.63, 3.8) is 0 Å². The average molecular weight is 211 g/mol. The van der Waals surface area contributed by atoms with Crippen molar-refractivity contribution in [2.75, 3.05) is 19.7 Å². The highest BCUT2D eigenvalue weighted by atomic mass is 16.5. The van der Waals surface area contributed by atoms with Gasteiger partial charge in [0.1, 0.15) is 0 Å². The highest BCUT2D eigenvalue weighted by Crippen LogP contribution is 1.93. The number of aryl methyl sites for hydroxylation is 1. The summed E-state index contributed by atoms with van der Waals surface area (Å²) in [6, 6.07) is 2.05. The first-order valence-corrected chi connectivity index (χ1v) is 5.49. The van der Waals surface area contributed by atoms with Crippen LogP contribution in [0, 0.1) is 0 Å². The normalized spacial score (nSPS) is 11.2. The Labute approximate surface area is 91.6 Å². The van der Waals surface area contributed by atoms with E-state index in [2.05, 4.69) is 10.4 Å². The maximum atomic E-state index is 5.42. The van der Waals surface area contributed by atoms with Gasteiger partial charge in [-0.2, -0.15) is 5.10 Å². The molecule has 86 valence electrons. The van der Waals surface area contributed by atoms with Crippen LogP contribution in [0.1, 0.15) is 19.5 Å². The fraction of sp³-hybridized carbons (Fsp3) is 0.727. The maximum Gasteiger partial charge on any atom is 0.0637 e. The zero-order valence-corrected chi connectivity index (χ0v) is 9.86. The predicted octanol–water partition coefficient (Wildman–Crippen LogP) is 0.977. The zero-order chi connectivity index (χ0) is 11.1. The minimum atomic E-state index is 0.322. The second kappa shape index (κ2) is 6.58. The van der Waals surface area contributed by atoms with E-state index in [0.717, 1.165) is 31.8 Å². The molecule has 0 aromatic carbocycles. The molecule has 0 aliphatic rings. The monoisotopic (exact) mass is 211 g/mol. The molecule has 0 amide bonds. The van der Waals surface area contributed by atoms with Crippen LogP contribution in [0.2, 0.25) is 0 Å². The fourth-order valence-electron chi connectivity index (χ4n) is 1.30. The van der Waals surface area contributed by atoms with Crippen LogP contribution in [0.5, 0.6) is 0 Å². The van der Waals surface area contributed by atoms with Crippen molar-refractivity contribution in [3.8, 4) is 0 Å². The molecule has 1 rings (SSSR count). The van der Waals surface area contributed by atoms with Gasteiger partial charge in [-0.05, 0) is 19.9 Å². The predicted molar refractivity (Wildman–Crippen MR) is 60.9 cm³/mol. The topological polar surface area (TPSA) is 39.1 Å². The van der Waals surface area contributed by atoms with Crippen LogP contribution < -0.4 is 5.32 Å². The molecule has 0 aliphatic heterocycles. The van der Waals surface area contributed by atoms with Crippen molar-refractivity contribution >= 4 is 0 Å². The van der Waals surface area contributed by atoms with Crippen LogP contribution in [0.3, 0.4) is 0 Å². The zero-order valence-electron chi connectivity index (χ0n) is 9.86. The van der Waals surface area contributed by atoms with Gasteiger partial charge in [0.15, 0.2) is 0 Å².